The Labute approximate surface area is 152 Å². The number of hydrogen-bond donors (Lipinski definition) is 0. The summed E-state index contributed by atoms with van der Waals surface area (Å²) < 4.78 is 0. The van der Waals surface area contributed by atoms with Crippen LogP contribution in [0.25, 0.3) is 0 Å². The molecule has 0 aliphatic carbocycles. The summed E-state index contributed by atoms with van der Waals surface area (Å²) >= 11 is 0. The van der Waals surface area contributed by atoms with E-state index in [9.17, 15) is 0 Å². The summed E-state index contributed by atoms with van der Waals surface area (Å²) in [6, 6.07) is 32.8. The standard InChI is InChI=1S/C22H22P.ClH/c1-19(2)18-23(20-12-6-3-7-13-20,21-14-8-4-9-15-21)22-16-10-5-11-17-22;/h3-18H,1-2H3;1H/q+1;/p-1. The molecule has 0 saturated carbocycles. The third kappa shape index (κ3) is 3.61. The second kappa shape index (κ2) is 8.29. The van der Waals surface area contributed by atoms with Crippen LogP contribution in [-0.2, 0) is 0 Å². The van der Waals surface area contributed by atoms with Crippen molar-refractivity contribution < 1.29 is 12.4 Å². The minimum absolute atomic E-state index is 0. The van der Waals surface area contributed by atoms with E-state index >= 15 is 0 Å². The van der Waals surface area contributed by atoms with Crippen LogP contribution < -0.4 is 28.3 Å². The smallest absolute Gasteiger partial charge is 0.136 e. The molecule has 2 heteroatoms. The van der Waals surface area contributed by atoms with Crippen LogP contribution >= 0.6 is 7.26 Å². The van der Waals surface area contributed by atoms with Crippen LogP contribution in [0.15, 0.2) is 102 Å². The first-order valence-corrected chi connectivity index (χ1v) is 9.81. The molecule has 0 heterocycles. The lowest BCUT2D eigenvalue weighted by Gasteiger charge is -2.24. The maximum absolute atomic E-state index is 2.49. The molecule has 0 aliphatic rings. The fourth-order valence-electron chi connectivity index (χ4n) is 3.05. The number of allylic oxidation sites excluding steroid dienone is 1. The SMILES string of the molecule is CC(C)=C[P+](c1ccccc1)(c1ccccc1)c1ccccc1.[Cl-]. The van der Waals surface area contributed by atoms with Gasteiger partial charge >= 0.3 is 0 Å². The number of rotatable bonds is 4. The quantitative estimate of drug-likeness (QED) is 0.629. The molecule has 24 heavy (non-hydrogen) atoms. The van der Waals surface area contributed by atoms with Crippen molar-refractivity contribution in [3.05, 3.63) is 102 Å². The second-order valence-corrected chi connectivity index (χ2v) is 9.19. The van der Waals surface area contributed by atoms with Crippen LogP contribution in [0.4, 0.5) is 0 Å². The molecule has 122 valence electrons. The minimum atomic E-state index is -1.77. The minimum Gasteiger partial charge on any atom is -1.00 e. The average molecular weight is 353 g/mol. The maximum Gasteiger partial charge on any atom is 0.136 e. The Balaban J connectivity index is 0.00000208. The molecule has 0 amide bonds. The van der Waals surface area contributed by atoms with E-state index < -0.39 is 7.26 Å². The average Bonchev–Trinajstić information content (AvgIpc) is 2.62. The van der Waals surface area contributed by atoms with Gasteiger partial charge in [-0.1, -0.05) is 54.6 Å². The lowest BCUT2D eigenvalue weighted by atomic mass is 10.3. The van der Waals surface area contributed by atoms with E-state index in [0.29, 0.717) is 0 Å². The van der Waals surface area contributed by atoms with Crippen LogP contribution in [-0.4, -0.2) is 0 Å². The van der Waals surface area contributed by atoms with Gasteiger partial charge in [0.25, 0.3) is 0 Å². The number of halogens is 1. The second-order valence-electron chi connectivity index (χ2n) is 5.94. The Kier molecular flexibility index (Phi) is 6.37. The third-order valence-corrected chi connectivity index (χ3v) is 8.18. The molecule has 0 N–H and O–H groups in total. The van der Waals surface area contributed by atoms with Gasteiger partial charge in [0.2, 0.25) is 0 Å². The maximum atomic E-state index is 2.49. The van der Waals surface area contributed by atoms with Crippen LogP contribution in [0.5, 0.6) is 0 Å². The summed E-state index contributed by atoms with van der Waals surface area (Å²) in [6.45, 7) is 4.40. The molecule has 0 saturated heterocycles. The van der Waals surface area contributed by atoms with Gasteiger partial charge in [-0.15, -0.1) is 0 Å². The highest BCUT2D eigenvalue weighted by Gasteiger charge is 2.43. The van der Waals surface area contributed by atoms with Gasteiger partial charge in [-0.2, -0.15) is 0 Å². The Morgan fingerprint density at radius 3 is 1.12 bits per heavy atom. The molecule has 0 bridgehead atoms. The van der Waals surface area contributed by atoms with Gasteiger partial charge in [0.05, 0.1) is 5.82 Å². The molecule has 0 unspecified atom stereocenters. The summed E-state index contributed by atoms with van der Waals surface area (Å²) in [7, 11) is -1.77. The van der Waals surface area contributed by atoms with Gasteiger partial charge in [-0.05, 0) is 55.8 Å². The summed E-state index contributed by atoms with van der Waals surface area (Å²) in [4.78, 5) is 0. The van der Waals surface area contributed by atoms with Crippen molar-refractivity contribution in [2.45, 2.75) is 13.8 Å². The molecule has 0 fully saturated rings. The summed E-state index contributed by atoms with van der Waals surface area (Å²) in [5.74, 6) is 2.49. The molecular formula is C22H22ClP. The predicted octanol–water partition coefficient (Wildman–Crippen LogP) is 1.91. The summed E-state index contributed by atoms with van der Waals surface area (Å²) in [6.07, 6.45) is 0. The van der Waals surface area contributed by atoms with Gasteiger partial charge in [0, 0.05) is 0 Å². The topological polar surface area (TPSA) is 0 Å². The molecule has 0 nitrogen and oxygen atoms in total. The van der Waals surface area contributed by atoms with E-state index in [-0.39, 0.29) is 12.4 Å². The first-order chi connectivity index (χ1) is 11.2. The molecule has 3 rings (SSSR count). The molecule has 3 aromatic rings. The van der Waals surface area contributed by atoms with Gasteiger partial charge in [0.15, 0.2) is 0 Å². The van der Waals surface area contributed by atoms with Gasteiger partial charge in [-0.3, -0.25) is 0 Å². The van der Waals surface area contributed by atoms with Crippen molar-refractivity contribution in [2.24, 2.45) is 0 Å². The molecule has 0 radical (unpaired) electrons. The van der Waals surface area contributed by atoms with Crippen molar-refractivity contribution in [1.82, 2.24) is 0 Å². The zero-order valence-corrected chi connectivity index (χ0v) is 15.7. The highest BCUT2D eigenvalue weighted by molar-refractivity contribution is 7.98. The van der Waals surface area contributed by atoms with Crippen LogP contribution in [0.3, 0.4) is 0 Å². The molecule has 0 aliphatic heterocycles. The molecule has 0 aromatic heterocycles. The van der Waals surface area contributed by atoms with Crippen molar-refractivity contribution in [3.63, 3.8) is 0 Å². The third-order valence-electron chi connectivity index (χ3n) is 3.94. The molecular weight excluding hydrogens is 331 g/mol. The predicted molar refractivity (Wildman–Crippen MR) is 105 cm³/mol. The van der Waals surface area contributed by atoms with Gasteiger partial charge in [0.1, 0.15) is 23.2 Å². The highest BCUT2D eigenvalue weighted by atomic mass is 35.5. The fourth-order valence-corrected chi connectivity index (χ4v) is 7.09. The van der Waals surface area contributed by atoms with Crippen LogP contribution in [0, 0.1) is 0 Å². The molecule has 0 atom stereocenters. The Hall–Kier alpha value is -1.88. The Bertz CT molecular complexity index is 679. The number of benzene rings is 3. The van der Waals surface area contributed by atoms with E-state index in [1.165, 1.54) is 21.5 Å². The van der Waals surface area contributed by atoms with E-state index in [2.05, 4.69) is 111 Å². The molecule has 3 aromatic carbocycles. The lowest BCUT2D eigenvalue weighted by molar-refractivity contribution is -0.00000462. The molecule has 0 spiro atoms. The number of hydrogen-bond acceptors (Lipinski definition) is 0. The van der Waals surface area contributed by atoms with Gasteiger partial charge in [-0.25, -0.2) is 0 Å². The zero-order chi connectivity index (χ0) is 16.1. The fraction of sp³-hybridized carbons (Fsp3) is 0.0909. The summed E-state index contributed by atoms with van der Waals surface area (Å²) in [5, 5.41) is 4.20. The van der Waals surface area contributed by atoms with E-state index in [1.54, 1.807) is 0 Å². The zero-order valence-electron chi connectivity index (χ0n) is 14.1. The van der Waals surface area contributed by atoms with Crippen LogP contribution in [0.1, 0.15) is 13.8 Å². The van der Waals surface area contributed by atoms with Crippen molar-refractivity contribution >= 4 is 23.2 Å². The normalized spacial score (nSPS) is 10.6. The van der Waals surface area contributed by atoms with E-state index in [1.807, 2.05) is 0 Å². The first kappa shape index (κ1) is 18.5. The Morgan fingerprint density at radius 1 is 0.583 bits per heavy atom. The van der Waals surface area contributed by atoms with Gasteiger partial charge < -0.3 is 12.4 Å². The van der Waals surface area contributed by atoms with Crippen LogP contribution in [0.2, 0.25) is 0 Å². The van der Waals surface area contributed by atoms with Crippen molar-refractivity contribution in [1.29, 1.82) is 0 Å². The monoisotopic (exact) mass is 352 g/mol. The summed E-state index contributed by atoms with van der Waals surface area (Å²) in [5.41, 5.74) is 1.36. The van der Waals surface area contributed by atoms with Crippen molar-refractivity contribution in [3.8, 4) is 0 Å². The van der Waals surface area contributed by atoms with E-state index in [4.69, 9.17) is 0 Å². The van der Waals surface area contributed by atoms with Crippen molar-refractivity contribution in [2.75, 3.05) is 0 Å². The highest BCUT2D eigenvalue weighted by Crippen LogP contribution is 2.57. The lowest BCUT2D eigenvalue weighted by Crippen LogP contribution is -3.00. The first-order valence-electron chi connectivity index (χ1n) is 7.95. The largest absolute Gasteiger partial charge is 1.00 e. The van der Waals surface area contributed by atoms with E-state index in [0.717, 1.165) is 0 Å². The Morgan fingerprint density at radius 2 is 0.875 bits per heavy atom.